The smallest absolute Gasteiger partial charge is 0.251 e. The Morgan fingerprint density at radius 1 is 1.17 bits per heavy atom. The molecule has 0 unspecified atom stereocenters. The van der Waals surface area contributed by atoms with Gasteiger partial charge in [-0.2, -0.15) is 0 Å². The van der Waals surface area contributed by atoms with Gasteiger partial charge in [-0.3, -0.25) is 9.59 Å². The Kier molecular flexibility index (Phi) is 5.23. The van der Waals surface area contributed by atoms with Crippen LogP contribution in [-0.4, -0.2) is 42.6 Å². The van der Waals surface area contributed by atoms with Crippen LogP contribution in [0.25, 0.3) is 0 Å². The first-order valence-electron chi connectivity index (χ1n) is 8.60. The van der Waals surface area contributed by atoms with Crippen molar-refractivity contribution in [2.24, 2.45) is 0 Å². The molecule has 1 aliphatic heterocycles. The van der Waals surface area contributed by atoms with E-state index in [1.54, 1.807) is 25.1 Å². The zero-order valence-corrected chi connectivity index (χ0v) is 14.0. The fourth-order valence-corrected chi connectivity index (χ4v) is 3.42. The Morgan fingerprint density at radius 2 is 1.92 bits per heavy atom. The van der Waals surface area contributed by atoms with Gasteiger partial charge in [0.1, 0.15) is 0 Å². The first-order valence-corrected chi connectivity index (χ1v) is 8.60. The summed E-state index contributed by atoms with van der Waals surface area (Å²) in [6.45, 7) is 2.79. The minimum atomic E-state index is -0.166. The second-order valence-electron chi connectivity index (χ2n) is 6.33. The number of carbonyl (C=O) groups excluding carboxylic acids is 2. The van der Waals surface area contributed by atoms with Gasteiger partial charge >= 0.3 is 0 Å². The average molecular weight is 332 g/mol. The predicted molar refractivity (Wildman–Crippen MR) is 89.2 cm³/mol. The lowest BCUT2D eigenvalue weighted by atomic mass is 9.94. The molecule has 1 heterocycles. The Balaban J connectivity index is 1.52. The van der Waals surface area contributed by atoms with E-state index in [4.69, 9.17) is 9.47 Å². The molecule has 1 fully saturated rings. The molecule has 1 saturated carbocycles. The third-order valence-corrected chi connectivity index (χ3v) is 4.69. The maximum atomic E-state index is 12.3. The van der Waals surface area contributed by atoms with Gasteiger partial charge in [-0.25, -0.2) is 0 Å². The van der Waals surface area contributed by atoms with Crippen molar-refractivity contribution in [3.05, 3.63) is 23.8 Å². The number of benzene rings is 1. The number of hydrogen-bond acceptors (Lipinski definition) is 4. The summed E-state index contributed by atoms with van der Waals surface area (Å²) in [6, 6.07) is 5.45. The van der Waals surface area contributed by atoms with Crippen LogP contribution in [-0.2, 0) is 4.79 Å². The van der Waals surface area contributed by atoms with Gasteiger partial charge in [0.05, 0.1) is 0 Å². The summed E-state index contributed by atoms with van der Waals surface area (Å²) in [5.41, 5.74) is 0.534. The molecule has 24 heavy (non-hydrogen) atoms. The van der Waals surface area contributed by atoms with Gasteiger partial charge in [-0.1, -0.05) is 19.3 Å². The van der Waals surface area contributed by atoms with Crippen molar-refractivity contribution in [2.45, 2.75) is 45.1 Å². The lowest BCUT2D eigenvalue weighted by Gasteiger charge is -2.33. The molecule has 0 atom stereocenters. The minimum Gasteiger partial charge on any atom is -0.454 e. The normalized spacial score (nSPS) is 16.7. The van der Waals surface area contributed by atoms with E-state index < -0.39 is 0 Å². The molecular formula is C18H24N2O4. The van der Waals surface area contributed by atoms with Crippen LogP contribution in [0.4, 0.5) is 0 Å². The summed E-state index contributed by atoms with van der Waals surface area (Å²) < 4.78 is 10.5. The Labute approximate surface area is 142 Å². The molecule has 0 radical (unpaired) electrons. The van der Waals surface area contributed by atoms with E-state index >= 15 is 0 Å². The number of nitrogens with one attached hydrogen (secondary N) is 1. The van der Waals surface area contributed by atoms with Crippen LogP contribution in [0.2, 0.25) is 0 Å². The fraction of sp³-hybridized carbons (Fsp3) is 0.556. The topological polar surface area (TPSA) is 67.9 Å². The number of fused-ring (bicyclic) bond motifs is 1. The molecule has 6 nitrogen and oxygen atoms in total. The number of rotatable bonds is 5. The van der Waals surface area contributed by atoms with Gasteiger partial charge in [0.25, 0.3) is 5.91 Å². The van der Waals surface area contributed by atoms with Crippen molar-refractivity contribution in [3.8, 4) is 11.5 Å². The maximum absolute atomic E-state index is 12.3. The molecule has 0 bridgehead atoms. The quantitative estimate of drug-likeness (QED) is 0.898. The van der Waals surface area contributed by atoms with Gasteiger partial charge in [0, 0.05) is 31.6 Å². The standard InChI is InChI=1S/C18H24N2O4/c1-13(21)20(15-5-3-2-4-6-15)10-9-19-18(22)14-7-8-16-17(11-14)24-12-23-16/h7-8,11,15H,2-6,9-10,12H2,1H3,(H,19,22). The van der Waals surface area contributed by atoms with E-state index in [0.29, 0.717) is 36.2 Å². The van der Waals surface area contributed by atoms with Crippen LogP contribution in [0.5, 0.6) is 11.5 Å². The predicted octanol–water partition coefficient (Wildman–Crippen LogP) is 2.33. The van der Waals surface area contributed by atoms with Crippen molar-refractivity contribution in [2.75, 3.05) is 19.9 Å². The Bertz CT molecular complexity index is 611. The monoisotopic (exact) mass is 332 g/mol. The Hall–Kier alpha value is -2.24. The van der Waals surface area contributed by atoms with Crippen LogP contribution >= 0.6 is 0 Å². The largest absolute Gasteiger partial charge is 0.454 e. The highest BCUT2D eigenvalue weighted by molar-refractivity contribution is 5.94. The molecule has 130 valence electrons. The zero-order valence-electron chi connectivity index (χ0n) is 14.0. The van der Waals surface area contributed by atoms with Gasteiger partial charge in [-0.15, -0.1) is 0 Å². The molecule has 6 heteroatoms. The van der Waals surface area contributed by atoms with Crippen molar-refractivity contribution in [1.29, 1.82) is 0 Å². The first kappa shape index (κ1) is 16.6. The molecular weight excluding hydrogens is 308 g/mol. The molecule has 0 spiro atoms. The van der Waals surface area contributed by atoms with E-state index in [9.17, 15) is 9.59 Å². The Morgan fingerprint density at radius 3 is 2.67 bits per heavy atom. The van der Waals surface area contributed by atoms with Crippen molar-refractivity contribution >= 4 is 11.8 Å². The second-order valence-corrected chi connectivity index (χ2v) is 6.33. The lowest BCUT2D eigenvalue weighted by molar-refractivity contribution is -0.131. The summed E-state index contributed by atoms with van der Waals surface area (Å²) in [5.74, 6) is 1.17. The van der Waals surface area contributed by atoms with Crippen LogP contribution in [0.1, 0.15) is 49.4 Å². The van der Waals surface area contributed by atoms with Gasteiger partial charge in [0.2, 0.25) is 12.7 Å². The van der Waals surface area contributed by atoms with Gasteiger partial charge in [-0.05, 0) is 31.0 Å². The molecule has 0 aromatic heterocycles. The van der Waals surface area contributed by atoms with E-state index in [1.807, 2.05) is 4.90 Å². The number of ether oxygens (including phenoxy) is 2. The van der Waals surface area contributed by atoms with Crippen molar-refractivity contribution in [3.63, 3.8) is 0 Å². The molecule has 1 aliphatic carbocycles. The van der Waals surface area contributed by atoms with Crippen LogP contribution in [0.15, 0.2) is 18.2 Å². The molecule has 2 aliphatic rings. The average Bonchev–Trinajstić information content (AvgIpc) is 3.06. The molecule has 1 aromatic rings. The SMILES string of the molecule is CC(=O)N(CCNC(=O)c1ccc2c(c1)OCO2)C1CCCCC1. The van der Waals surface area contributed by atoms with E-state index in [2.05, 4.69) is 5.32 Å². The lowest BCUT2D eigenvalue weighted by Crippen LogP contribution is -2.44. The third-order valence-electron chi connectivity index (χ3n) is 4.69. The second kappa shape index (κ2) is 7.55. The highest BCUT2D eigenvalue weighted by Gasteiger charge is 2.23. The van der Waals surface area contributed by atoms with E-state index in [1.165, 1.54) is 19.3 Å². The molecule has 0 saturated heterocycles. The van der Waals surface area contributed by atoms with Gasteiger partial charge in [0.15, 0.2) is 11.5 Å². The third kappa shape index (κ3) is 3.80. The maximum Gasteiger partial charge on any atom is 0.251 e. The highest BCUT2D eigenvalue weighted by atomic mass is 16.7. The highest BCUT2D eigenvalue weighted by Crippen LogP contribution is 2.32. The van der Waals surface area contributed by atoms with Crippen LogP contribution in [0, 0.1) is 0 Å². The van der Waals surface area contributed by atoms with Crippen LogP contribution in [0.3, 0.4) is 0 Å². The molecule has 2 amide bonds. The van der Waals surface area contributed by atoms with Crippen LogP contribution < -0.4 is 14.8 Å². The molecule has 3 rings (SSSR count). The summed E-state index contributed by atoms with van der Waals surface area (Å²) >= 11 is 0. The van der Waals surface area contributed by atoms with Gasteiger partial charge < -0.3 is 19.7 Å². The summed E-state index contributed by atoms with van der Waals surface area (Å²) in [4.78, 5) is 26.1. The number of hydrogen-bond donors (Lipinski definition) is 1. The summed E-state index contributed by atoms with van der Waals surface area (Å²) in [7, 11) is 0. The molecule has 1 N–H and O–H groups in total. The molecule has 1 aromatic carbocycles. The first-order chi connectivity index (χ1) is 11.6. The van der Waals surface area contributed by atoms with Crippen molar-refractivity contribution in [1.82, 2.24) is 10.2 Å². The summed E-state index contributed by atoms with van der Waals surface area (Å²) in [6.07, 6.45) is 5.74. The summed E-state index contributed by atoms with van der Waals surface area (Å²) in [5, 5.41) is 2.89. The fourth-order valence-electron chi connectivity index (χ4n) is 3.42. The van der Waals surface area contributed by atoms with Crippen molar-refractivity contribution < 1.29 is 19.1 Å². The zero-order chi connectivity index (χ0) is 16.9. The number of nitrogens with zero attached hydrogens (tertiary/aromatic N) is 1. The van der Waals surface area contributed by atoms with E-state index in [-0.39, 0.29) is 18.6 Å². The number of amides is 2. The van der Waals surface area contributed by atoms with E-state index in [0.717, 1.165) is 12.8 Å². The minimum absolute atomic E-state index is 0.0826. The number of carbonyl (C=O) groups is 2.